The molecule has 1 aliphatic heterocycles. The molecule has 2 amide bonds. The van der Waals surface area contributed by atoms with Crippen molar-refractivity contribution >= 4 is 21.8 Å². The van der Waals surface area contributed by atoms with Crippen LogP contribution in [-0.2, 0) is 27.5 Å². The first-order valence-electron chi connectivity index (χ1n) is 11.8. The highest BCUT2D eigenvalue weighted by Crippen LogP contribution is 2.23. The number of aromatic amines is 1. The van der Waals surface area contributed by atoms with Crippen LogP contribution >= 0.6 is 0 Å². The predicted molar refractivity (Wildman–Crippen MR) is 130 cm³/mol. The first-order chi connectivity index (χ1) is 16.8. The minimum atomic E-state index is -3.62. The quantitative estimate of drug-likeness (QED) is 0.630. The molecule has 0 atom stereocenters. The number of carbonyl (C=O) groups is 2. The summed E-state index contributed by atoms with van der Waals surface area (Å²) >= 11 is 0. The lowest BCUT2D eigenvalue weighted by molar-refractivity contribution is 0.0427. The van der Waals surface area contributed by atoms with Crippen LogP contribution in [0.15, 0.2) is 57.6 Å². The monoisotopic (exact) mass is 499 g/mol. The highest BCUT2D eigenvalue weighted by Gasteiger charge is 2.27. The minimum absolute atomic E-state index is 0.0478. The molecule has 0 saturated heterocycles. The number of ether oxygens (including phenoxy) is 1. The van der Waals surface area contributed by atoms with Crippen molar-refractivity contribution in [3.05, 3.63) is 75.1 Å². The summed E-state index contributed by atoms with van der Waals surface area (Å²) in [5, 5.41) is 3.57. The first kappa shape index (κ1) is 24.7. The van der Waals surface area contributed by atoms with Crippen LogP contribution in [0.3, 0.4) is 0 Å². The van der Waals surface area contributed by atoms with Crippen LogP contribution in [0.2, 0.25) is 0 Å². The number of nitrogens with zero attached hydrogens (tertiary/aromatic N) is 1. The van der Waals surface area contributed by atoms with Gasteiger partial charge in [-0.2, -0.15) is 0 Å². The van der Waals surface area contributed by atoms with Crippen LogP contribution in [-0.4, -0.2) is 49.5 Å². The average molecular weight is 500 g/mol. The third-order valence-electron chi connectivity index (χ3n) is 6.26. The van der Waals surface area contributed by atoms with Crippen molar-refractivity contribution in [2.75, 3.05) is 13.1 Å². The van der Waals surface area contributed by atoms with Crippen molar-refractivity contribution in [2.24, 2.45) is 0 Å². The molecule has 2 aromatic rings. The van der Waals surface area contributed by atoms with E-state index in [1.807, 2.05) is 0 Å². The second kappa shape index (κ2) is 10.9. The van der Waals surface area contributed by atoms with Gasteiger partial charge in [0.25, 0.3) is 11.5 Å². The van der Waals surface area contributed by atoms with Crippen molar-refractivity contribution in [3.8, 4) is 0 Å². The van der Waals surface area contributed by atoms with Crippen molar-refractivity contribution in [1.82, 2.24) is 15.2 Å². The van der Waals surface area contributed by atoms with Crippen molar-refractivity contribution in [3.63, 3.8) is 0 Å². The Balaban J connectivity index is 1.37. The normalized spacial score (nSPS) is 16.6. The van der Waals surface area contributed by atoms with Crippen LogP contribution in [0.25, 0.3) is 0 Å². The smallest absolute Gasteiger partial charge is 0.410 e. The summed E-state index contributed by atoms with van der Waals surface area (Å²) in [5.74, 6) is -0.627. The standard InChI is InChI=1S/C25H29N3O6S/c29-23(26-13-7-15-35(32,33)20-10-5-2-6-11-20)21-16-18-17-28(14-12-22(18)27-24(21)30)25(31)34-19-8-3-1-4-9-19/h2,5-7,10-11,15-16,19H,1,3-4,8-9,12-14,17H2,(H,26,29)(H,27,30)/b15-7+. The molecular formula is C25H29N3O6S. The lowest BCUT2D eigenvalue weighted by Crippen LogP contribution is -2.40. The second-order valence-corrected chi connectivity index (χ2v) is 10.6. The van der Waals surface area contributed by atoms with E-state index in [2.05, 4.69) is 10.3 Å². The average Bonchev–Trinajstić information content (AvgIpc) is 2.87. The molecule has 2 aliphatic rings. The fourth-order valence-electron chi connectivity index (χ4n) is 4.34. The molecule has 2 N–H and O–H groups in total. The van der Waals surface area contributed by atoms with Gasteiger partial charge in [-0.15, -0.1) is 0 Å². The number of hydrogen-bond donors (Lipinski definition) is 2. The van der Waals surface area contributed by atoms with Gasteiger partial charge in [-0.1, -0.05) is 30.7 Å². The SMILES string of the molecule is O=C(NC/C=C/S(=O)(=O)c1ccccc1)c1cc2c([nH]c1=O)CCN(C(=O)OC1CCCCC1)C2. The van der Waals surface area contributed by atoms with Gasteiger partial charge in [0.15, 0.2) is 9.84 Å². The lowest BCUT2D eigenvalue weighted by atomic mass is 9.98. The van der Waals surface area contributed by atoms with Gasteiger partial charge in [0.1, 0.15) is 11.7 Å². The van der Waals surface area contributed by atoms with E-state index in [0.717, 1.165) is 31.1 Å². The molecule has 0 unspecified atom stereocenters. The van der Waals surface area contributed by atoms with E-state index in [1.165, 1.54) is 30.7 Å². The largest absolute Gasteiger partial charge is 0.446 e. The lowest BCUT2D eigenvalue weighted by Gasteiger charge is -2.30. The third kappa shape index (κ3) is 6.19. The maximum absolute atomic E-state index is 12.6. The van der Waals surface area contributed by atoms with E-state index in [9.17, 15) is 22.8 Å². The van der Waals surface area contributed by atoms with Gasteiger partial charge in [-0.3, -0.25) is 9.59 Å². The van der Waals surface area contributed by atoms with Gasteiger partial charge in [0.2, 0.25) is 0 Å². The maximum Gasteiger partial charge on any atom is 0.410 e. The van der Waals surface area contributed by atoms with Gasteiger partial charge in [-0.25, -0.2) is 13.2 Å². The molecule has 10 heteroatoms. The minimum Gasteiger partial charge on any atom is -0.446 e. The molecule has 1 aromatic carbocycles. The highest BCUT2D eigenvalue weighted by atomic mass is 32.2. The molecule has 0 spiro atoms. The number of benzene rings is 1. The van der Waals surface area contributed by atoms with Crippen LogP contribution < -0.4 is 10.9 Å². The molecule has 186 valence electrons. The first-order valence-corrected chi connectivity index (χ1v) is 13.3. The molecule has 1 fully saturated rings. The van der Waals surface area contributed by atoms with Crippen LogP contribution in [0.5, 0.6) is 0 Å². The number of amides is 2. The number of hydrogen-bond acceptors (Lipinski definition) is 6. The Kier molecular flexibility index (Phi) is 7.70. The predicted octanol–water partition coefficient (Wildman–Crippen LogP) is 2.92. The van der Waals surface area contributed by atoms with E-state index < -0.39 is 21.3 Å². The Morgan fingerprint density at radius 3 is 2.63 bits per heavy atom. The molecule has 0 radical (unpaired) electrons. The zero-order valence-corrected chi connectivity index (χ0v) is 20.2. The number of rotatable bonds is 6. The van der Waals surface area contributed by atoms with E-state index in [4.69, 9.17) is 4.74 Å². The van der Waals surface area contributed by atoms with Gasteiger partial charge in [0.05, 0.1) is 11.4 Å². The number of aromatic nitrogens is 1. The van der Waals surface area contributed by atoms with Gasteiger partial charge in [0, 0.05) is 30.6 Å². The number of sulfone groups is 1. The van der Waals surface area contributed by atoms with Gasteiger partial charge >= 0.3 is 6.09 Å². The molecule has 1 saturated carbocycles. The molecule has 9 nitrogen and oxygen atoms in total. The topological polar surface area (TPSA) is 126 Å². The molecular weight excluding hydrogens is 470 g/mol. The fourth-order valence-corrected chi connectivity index (χ4v) is 5.39. The summed E-state index contributed by atoms with van der Waals surface area (Å²) in [5.41, 5.74) is 0.761. The maximum atomic E-state index is 12.6. The summed E-state index contributed by atoms with van der Waals surface area (Å²) in [7, 11) is -3.62. The van der Waals surface area contributed by atoms with E-state index >= 15 is 0 Å². The Bertz CT molecular complexity index is 1260. The molecule has 0 bridgehead atoms. The number of fused-ring (bicyclic) bond motifs is 1. The number of pyridine rings is 1. The summed E-state index contributed by atoms with van der Waals surface area (Å²) < 4.78 is 30.2. The van der Waals surface area contributed by atoms with Crippen molar-refractivity contribution < 1.29 is 22.7 Å². The Labute approximate surface area is 204 Å². The van der Waals surface area contributed by atoms with Crippen LogP contribution in [0, 0.1) is 0 Å². The van der Waals surface area contributed by atoms with Gasteiger partial charge in [-0.05, 0) is 49.4 Å². The van der Waals surface area contributed by atoms with E-state index in [0.29, 0.717) is 24.2 Å². The fraction of sp³-hybridized carbons (Fsp3) is 0.400. The van der Waals surface area contributed by atoms with Gasteiger partial charge < -0.3 is 19.9 Å². The summed E-state index contributed by atoms with van der Waals surface area (Å²) in [4.78, 5) is 42.2. The van der Waals surface area contributed by atoms with E-state index in [1.54, 1.807) is 23.1 Å². The summed E-state index contributed by atoms with van der Waals surface area (Å²) in [6.07, 6.45) is 6.42. The number of nitrogens with one attached hydrogen (secondary N) is 2. The second-order valence-electron chi connectivity index (χ2n) is 8.77. The van der Waals surface area contributed by atoms with Crippen molar-refractivity contribution in [2.45, 2.75) is 56.1 Å². The van der Waals surface area contributed by atoms with Crippen LogP contribution in [0.1, 0.15) is 53.7 Å². The van der Waals surface area contributed by atoms with Crippen molar-refractivity contribution in [1.29, 1.82) is 0 Å². The molecule has 1 aliphatic carbocycles. The zero-order valence-electron chi connectivity index (χ0n) is 19.4. The molecule has 35 heavy (non-hydrogen) atoms. The number of carbonyl (C=O) groups excluding carboxylic acids is 2. The Hall–Kier alpha value is -3.40. The van der Waals surface area contributed by atoms with E-state index in [-0.39, 0.29) is 35.7 Å². The molecule has 4 rings (SSSR count). The Morgan fingerprint density at radius 2 is 1.89 bits per heavy atom. The summed E-state index contributed by atoms with van der Waals surface area (Å²) in [6.45, 7) is 0.606. The third-order valence-corrected chi connectivity index (χ3v) is 7.74. The van der Waals surface area contributed by atoms with Crippen LogP contribution in [0.4, 0.5) is 4.79 Å². The summed E-state index contributed by atoms with van der Waals surface area (Å²) in [6, 6.07) is 9.44. The molecule has 1 aromatic heterocycles. The number of H-pyrrole nitrogens is 1. The molecule has 2 heterocycles. The Morgan fingerprint density at radius 1 is 1.14 bits per heavy atom. The highest BCUT2D eigenvalue weighted by molar-refractivity contribution is 7.94. The zero-order chi connectivity index (χ0) is 24.8.